The van der Waals surface area contributed by atoms with Crippen LogP contribution in [0.2, 0.25) is 0 Å². The first-order chi connectivity index (χ1) is 12.0. The van der Waals surface area contributed by atoms with Crippen LogP contribution < -0.4 is 11.1 Å². The van der Waals surface area contributed by atoms with Gasteiger partial charge in [-0.3, -0.25) is 9.78 Å². The molecule has 0 aliphatic carbocycles. The van der Waals surface area contributed by atoms with E-state index in [-0.39, 0.29) is 5.56 Å². The molecule has 0 spiro atoms. The molecule has 126 valence electrons. The molecule has 1 amide bonds. The SMILES string of the molecule is C/C(=N/NC(=O)c1cccnc1)c1cc2cc(Br)cc(Br)c2oc1=O. The zero-order chi connectivity index (χ0) is 18.0. The Morgan fingerprint density at radius 2 is 2.08 bits per heavy atom. The first-order valence-electron chi connectivity index (χ1n) is 7.13. The lowest BCUT2D eigenvalue weighted by Crippen LogP contribution is -2.21. The number of rotatable bonds is 3. The molecule has 0 bridgehead atoms. The van der Waals surface area contributed by atoms with E-state index in [1.54, 1.807) is 37.4 Å². The monoisotopic (exact) mass is 463 g/mol. The predicted octanol–water partition coefficient (Wildman–Crippen LogP) is 3.87. The van der Waals surface area contributed by atoms with Crippen molar-refractivity contribution >= 4 is 54.4 Å². The number of carbonyl (C=O) groups is 1. The topological polar surface area (TPSA) is 84.6 Å². The lowest BCUT2D eigenvalue weighted by molar-refractivity contribution is 0.0954. The summed E-state index contributed by atoms with van der Waals surface area (Å²) in [6.45, 7) is 1.62. The van der Waals surface area contributed by atoms with Crippen molar-refractivity contribution in [2.75, 3.05) is 0 Å². The third-order valence-corrected chi connectivity index (χ3v) is 4.44. The number of hydrogen-bond acceptors (Lipinski definition) is 5. The summed E-state index contributed by atoms with van der Waals surface area (Å²) in [6.07, 6.45) is 3.00. The molecule has 3 aromatic rings. The van der Waals surface area contributed by atoms with Crippen LogP contribution in [0.3, 0.4) is 0 Å². The summed E-state index contributed by atoms with van der Waals surface area (Å²) in [4.78, 5) is 28.1. The van der Waals surface area contributed by atoms with Crippen molar-refractivity contribution in [1.29, 1.82) is 0 Å². The minimum absolute atomic E-state index is 0.268. The smallest absolute Gasteiger partial charge is 0.345 e. The normalized spacial score (nSPS) is 11.6. The largest absolute Gasteiger partial charge is 0.421 e. The Balaban J connectivity index is 1.94. The summed E-state index contributed by atoms with van der Waals surface area (Å²) in [7, 11) is 0. The first-order valence-corrected chi connectivity index (χ1v) is 8.72. The van der Waals surface area contributed by atoms with Gasteiger partial charge in [0.05, 0.1) is 21.3 Å². The second-order valence-corrected chi connectivity index (χ2v) is 6.90. The summed E-state index contributed by atoms with van der Waals surface area (Å²) in [5.74, 6) is -0.414. The molecule has 6 nitrogen and oxygen atoms in total. The minimum Gasteiger partial charge on any atom is -0.421 e. The van der Waals surface area contributed by atoms with Gasteiger partial charge < -0.3 is 4.42 Å². The zero-order valence-electron chi connectivity index (χ0n) is 12.9. The summed E-state index contributed by atoms with van der Waals surface area (Å²) in [6, 6.07) is 8.56. The lowest BCUT2D eigenvalue weighted by Gasteiger charge is -2.05. The Kier molecular flexibility index (Phi) is 5.10. The van der Waals surface area contributed by atoms with Crippen molar-refractivity contribution in [1.82, 2.24) is 10.4 Å². The van der Waals surface area contributed by atoms with Gasteiger partial charge in [-0.2, -0.15) is 5.10 Å². The van der Waals surface area contributed by atoms with E-state index in [4.69, 9.17) is 4.42 Å². The maximum absolute atomic E-state index is 12.2. The Labute approximate surface area is 159 Å². The number of halogens is 2. The van der Waals surface area contributed by atoms with E-state index in [2.05, 4.69) is 47.4 Å². The van der Waals surface area contributed by atoms with Crippen molar-refractivity contribution in [3.8, 4) is 0 Å². The van der Waals surface area contributed by atoms with E-state index in [9.17, 15) is 9.59 Å². The molecule has 0 aliphatic heterocycles. The molecule has 1 N–H and O–H groups in total. The van der Waals surface area contributed by atoms with Crippen LogP contribution >= 0.6 is 31.9 Å². The number of pyridine rings is 1. The van der Waals surface area contributed by atoms with E-state index in [0.717, 1.165) is 9.86 Å². The Morgan fingerprint density at radius 1 is 1.28 bits per heavy atom. The summed E-state index contributed by atoms with van der Waals surface area (Å²) in [5.41, 5.74) is 3.30. The quantitative estimate of drug-likeness (QED) is 0.362. The van der Waals surface area contributed by atoms with Crippen LogP contribution in [-0.4, -0.2) is 16.6 Å². The Hall–Kier alpha value is -2.32. The van der Waals surface area contributed by atoms with Crippen LogP contribution in [-0.2, 0) is 0 Å². The van der Waals surface area contributed by atoms with E-state index in [1.807, 2.05) is 6.07 Å². The fraction of sp³-hybridized carbons (Fsp3) is 0.0588. The van der Waals surface area contributed by atoms with Crippen LogP contribution in [0.4, 0.5) is 0 Å². The van der Waals surface area contributed by atoms with Crippen molar-refractivity contribution in [3.05, 3.63) is 73.2 Å². The van der Waals surface area contributed by atoms with Gasteiger partial charge in [0.2, 0.25) is 0 Å². The molecule has 25 heavy (non-hydrogen) atoms. The summed E-state index contributed by atoms with van der Waals surface area (Å²) >= 11 is 6.76. The van der Waals surface area contributed by atoms with E-state index in [1.165, 1.54) is 6.20 Å². The van der Waals surface area contributed by atoms with Crippen molar-refractivity contribution in [3.63, 3.8) is 0 Å². The molecule has 0 unspecified atom stereocenters. The molecule has 2 aromatic heterocycles. The number of amides is 1. The van der Waals surface area contributed by atoms with Gasteiger partial charge in [0.25, 0.3) is 5.91 Å². The van der Waals surface area contributed by atoms with Crippen LogP contribution in [0, 0.1) is 0 Å². The third kappa shape index (κ3) is 3.85. The number of nitrogens with one attached hydrogen (secondary N) is 1. The van der Waals surface area contributed by atoms with Gasteiger partial charge in [-0.25, -0.2) is 10.2 Å². The maximum atomic E-state index is 12.2. The fourth-order valence-corrected chi connectivity index (χ4v) is 3.51. The van der Waals surface area contributed by atoms with Gasteiger partial charge in [-0.15, -0.1) is 0 Å². The molecular formula is C17H11Br2N3O3. The second kappa shape index (κ2) is 7.28. The van der Waals surface area contributed by atoms with Gasteiger partial charge in [0, 0.05) is 22.3 Å². The second-order valence-electron chi connectivity index (χ2n) is 5.13. The van der Waals surface area contributed by atoms with Crippen LogP contribution in [0.15, 0.2) is 66.0 Å². The molecule has 1 aromatic carbocycles. The first kappa shape index (κ1) is 17.5. The van der Waals surface area contributed by atoms with Crippen molar-refractivity contribution < 1.29 is 9.21 Å². The highest BCUT2D eigenvalue weighted by molar-refractivity contribution is 9.11. The van der Waals surface area contributed by atoms with Crippen LogP contribution in [0.1, 0.15) is 22.8 Å². The number of hydrogen-bond donors (Lipinski definition) is 1. The van der Waals surface area contributed by atoms with Gasteiger partial charge in [0.15, 0.2) is 5.58 Å². The number of nitrogens with zero attached hydrogens (tertiary/aromatic N) is 2. The summed E-state index contributed by atoms with van der Waals surface area (Å²) < 4.78 is 6.87. The number of fused-ring (bicyclic) bond motifs is 1. The van der Waals surface area contributed by atoms with Crippen LogP contribution in [0.5, 0.6) is 0 Å². The molecule has 0 saturated carbocycles. The van der Waals surface area contributed by atoms with Crippen LogP contribution in [0.25, 0.3) is 11.0 Å². The highest BCUT2D eigenvalue weighted by Crippen LogP contribution is 2.28. The average molecular weight is 465 g/mol. The zero-order valence-corrected chi connectivity index (χ0v) is 16.1. The molecule has 0 atom stereocenters. The van der Waals surface area contributed by atoms with Crippen molar-refractivity contribution in [2.45, 2.75) is 6.92 Å². The molecule has 0 saturated heterocycles. The van der Waals surface area contributed by atoms with Gasteiger partial charge in [0.1, 0.15) is 0 Å². The van der Waals surface area contributed by atoms with Gasteiger partial charge in [-0.05, 0) is 53.2 Å². The highest BCUT2D eigenvalue weighted by Gasteiger charge is 2.12. The fourth-order valence-electron chi connectivity index (χ4n) is 2.17. The molecule has 0 fully saturated rings. The molecule has 3 rings (SSSR count). The molecule has 0 aliphatic rings. The van der Waals surface area contributed by atoms with Gasteiger partial charge >= 0.3 is 5.63 Å². The molecular weight excluding hydrogens is 454 g/mol. The molecule has 8 heteroatoms. The third-order valence-electron chi connectivity index (χ3n) is 3.39. The average Bonchev–Trinajstić information content (AvgIpc) is 2.60. The standard InChI is InChI=1S/C17H11Br2N3O3/c1-9(21-22-16(23)10-3-2-4-20-8-10)13-6-11-5-12(18)7-14(19)15(11)25-17(13)24/h2-8H,1H3,(H,22,23)/b21-9-. The number of hydrazone groups is 1. The summed E-state index contributed by atoms with van der Waals surface area (Å²) in [5, 5.41) is 4.72. The Bertz CT molecular complexity index is 1050. The van der Waals surface area contributed by atoms with E-state index >= 15 is 0 Å². The number of carbonyl (C=O) groups excluding carboxylic acids is 1. The number of benzene rings is 1. The predicted molar refractivity (Wildman–Crippen MR) is 102 cm³/mol. The highest BCUT2D eigenvalue weighted by atomic mass is 79.9. The van der Waals surface area contributed by atoms with Crippen molar-refractivity contribution in [2.24, 2.45) is 5.10 Å². The van der Waals surface area contributed by atoms with Gasteiger partial charge in [-0.1, -0.05) is 15.9 Å². The molecule has 2 heterocycles. The van der Waals surface area contributed by atoms with E-state index < -0.39 is 11.5 Å². The van der Waals surface area contributed by atoms with E-state index in [0.29, 0.717) is 21.3 Å². The number of aromatic nitrogens is 1. The Morgan fingerprint density at radius 3 is 2.80 bits per heavy atom. The minimum atomic E-state index is -0.535. The lowest BCUT2D eigenvalue weighted by atomic mass is 10.1. The molecule has 0 radical (unpaired) electrons. The maximum Gasteiger partial charge on any atom is 0.345 e.